The van der Waals surface area contributed by atoms with Crippen LogP contribution in [0.5, 0.6) is 0 Å². The predicted octanol–water partition coefficient (Wildman–Crippen LogP) is 4.04. The van der Waals surface area contributed by atoms with Crippen molar-refractivity contribution in [1.82, 2.24) is 9.97 Å². The van der Waals surface area contributed by atoms with Gasteiger partial charge in [0.2, 0.25) is 0 Å². The summed E-state index contributed by atoms with van der Waals surface area (Å²) >= 11 is 0. The van der Waals surface area contributed by atoms with Gasteiger partial charge in [-0.05, 0) is 72.8 Å². The van der Waals surface area contributed by atoms with Crippen molar-refractivity contribution in [2.75, 3.05) is 10.6 Å². The van der Waals surface area contributed by atoms with E-state index in [0.29, 0.717) is 22.8 Å². The second-order valence-corrected chi connectivity index (χ2v) is 7.53. The second-order valence-electron chi connectivity index (χ2n) is 7.53. The average Bonchev–Trinajstić information content (AvgIpc) is 2.89. The summed E-state index contributed by atoms with van der Waals surface area (Å²) in [7, 11) is 0. The third-order valence-electron chi connectivity index (χ3n) is 5.09. The molecule has 2 aromatic carbocycles. The Bertz CT molecular complexity index is 1350. The van der Waals surface area contributed by atoms with Crippen molar-refractivity contribution in [3.8, 4) is 11.4 Å². The van der Waals surface area contributed by atoms with Gasteiger partial charge in [0.15, 0.2) is 0 Å². The van der Waals surface area contributed by atoms with Gasteiger partial charge < -0.3 is 20.8 Å². The highest BCUT2D eigenvalue weighted by atomic mass is 16.4. The highest BCUT2D eigenvalue weighted by Crippen LogP contribution is 2.19. The van der Waals surface area contributed by atoms with Crippen molar-refractivity contribution in [3.63, 3.8) is 0 Å². The standard InChI is InChI=1S/C26H18N4O6/c31-23(29-19-5-1-15(2-6-19)25(33)34)17-9-11-27-21(13-17)22-14-18(10-12-28-22)24(32)30-20-7-3-16(4-8-20)26(35)36/h1-14H,(H,29,31)(H,30,32)(H,33,34)(H,35,36). The molecular formula is C26H18N4O6. The molecule has 2 amide bonds. The van der Waals surface area contributed by atoms with Crippen molar-refractivity contribution in [3.05, 3.63) is 107 Å². The second kappa shape index (κ2) is 10.3. The SMILES string of the molecule is O=C(O)c1ccc(NC(=O)c2ccnc(-c3cc(C(=O)Nc4ccc(C(=O)O)cc4)ccn3)c2)cc1. The Hall–Kier alpha value is -5.38. The molecule has 36 heavy (non-hydrogen) atoms. The van der Waals surface area contributed by atoms with Gasteiger partial charge in [-0.25, -0.2) is 9.59 Å². The number of aromatic nitrogens is 2. The summed E-state index contributed by atoms with van der Waals surface area (Å²) in [6.45, 7) is 0. The molecule has 4 N–H and O–H groups in total. The van der Waals surface area contributed by atoms with Crippen LogP contribution in [-0.4, -0.2) is 43.9 Å². The molecule has 4 rings (SSSR count). The molecule has 0 radical (unpaired) electrons. The van der Waals surface area contributed by atoms with Crippen LogP contribution in [0.1, 0.15) is 41.4 Å². The monoisotopic (exact) mass is 482 g/mol. The molecule has 0 aliphatic rings. The van der Waals surface area contributed by atoms with Gasteiger partial charge in [-0.15, -0.1) is 0 Å². The number of rotatable bonds is 7. The van der Waals surface area contributed by atoms with Crippen LogP contribution in [0.15, 0.2) is 85.2 Å². The van der Waals surface area contributed by atoms with Crippen molar-refractivity contribution in [2.24, 2.45) is 0 Å². The summed E-state index contributed by atoms with van der Waals surface area (Å²) in [5.74, 6) is -2.99. The number of hydrogen-bond acceptors (Lipinski definition) is 6. The van der Waals surface area contributed by atoms with Gasteiger partial charge in [-0.2, -0.15) is 0 Å². The van der Waals surface area contributed by atoms with E-state index < -0.39 is 23.8 Å². The summed E-state index contributed by atoms with van der Waals surface area (Å²) in [6, 6.07) is 17.6. The molecule has 0 saturated heterocycles. The van der Waals surface area contributed by atoms with Gasteiger partial charge in [-0.3, -0.25) is 19.6 Å². The first kappa shape index (κ1) is 23.8. The molecule has 0 aliphatic heterocycles. The topological polar surface area (TPSA) is 159 Å². The summed E-state index contributed by atoms with van der Waals surface area (Å²) < 4.78 is 0. The van der Waals surface area contributed by atoms with Crippen molar-refractivity contribution in [1.29, 1.82) is 0 Å². The number of carbonyl (C=O) groups excluding carboxylic acids is 2. The lowest BCUT2D eigenvalue weighted by atomic mass is 10.1. The zero-order chi connectivity index (χ0) is 25.7. The maximum Gasteiger partial charge on any atom is 0.335 e. The first-order valence-corrected chi connectivity index (χ1v) is 10.5. The molecule has 0 saturated carbocycles. The number of nitrogens with zero attached hydrogens (tertiary/aromatic N) is 2. The van der Waals surface area contributed by atoms with E-state index in [9.17, 15) is 19.2 Å². The minimum atomic E-state index is -1.06. The van der Waals surface area contributed by atoms with Crippen LogP contribution in [0.2, 0.25) is 0 Å². The lowest BCUT2D eigenvalue weighted by Crippen LogP contribution is -2.13. The summed E-state index contributed by atoms with van der Waals surface area (Å²) in [4.78, 5) is 55.8. The third kappa shape index (κ3) is 5.57. The Morgan fingerprint density at radius 3 is 1.22 bits per heavy atom. The number of benzene rings is 2. The van der Waals surface area contributed by atoms with Crippen molar-refractivity contribution in [2.45, 2.75) is 0 Å². The summed E-state index contributed by atoms with van der Waals surface area (Å²) in [5.41, 5.74) is 2.37. The van der Waals surface area contributed by atoms with Gasteiger partial charge >= 0.3 is 11.9 Å². The molecule has 178 valence electrons. The normalized spacial score (nSPS) is 10.3. The minimum Gasteiger partial charge on any atom is -0.478 e. The number of carbonyl (C=O) groups is 4. The van der Waals surface area contributed by atoms with Crippen LogP contribution in [0.4, 0.5) is 11.4 Å². The maximum absolute atomic E-state index is 12.7. The van der Waals surface area contributed by atoms with Gasteiger partial charge in [0.25, 0.3) is 11.8 Å². The van der Waals surface area contributed by atoms with Gasteiger partial charge in [0.1, 0.15) is 0 Å². The van der Waals surface area contributed by atoms with Crippen LogP contribution < -0.4 is 10.6 Å². The number of hydrogen-bond donors (Lipinski definition) is 4. The molecule has 4 aromatic rings. The quantitative estimate of drug-likeness (QED) is 0.307. The Balaban J connectivity index is 1.49. The number of carboxylic acid groups (broad SMARTS) is 2. The molecule has 0 bridgehead atoms. The van der Waals surface area contributed by atoms with E-state index in [4.69, 9.17) is 10.2 Å². The zero-order valence-corrected chi connectivity index (χ0v) is 18.5. The highest BCUT2D eigenvalue weighted by molar-refractivity contribution is 6.06. The van der Waals surface area contributed by atoms with Crippen molar-refractivity contribution >= 4 is 35.1 Å². The van der Waals surface area contributed by atoms with E-state index in [1.165, 1.54) is 85.2 Å². The predicted molar refractivity (Wildman–Crippen MR) is 130 cm³/mol. The minimum absolute atomic E-state index is 0.103. The fourth-order valence-electron chi connectivity index (χ4n) is 3.22. The largest absolute Gasteiger partial charge is 0.478 e. The van der Waals surface area contributed by atoms with E-state index in [2.05, 4.69) is 20.6 Å². The van der Waals surface area contributed by atoms with Crippen LogP contribution >= 0.6 is 0 Å². The lowest BCUT2D eigenvalue weighted by molar-refractivity contribution is 0.0686. The molecular weight excluding hydrogens is 464 g/mol. The number of pyridine rings is 2. The van der Waals surface area contributed by atoms with E-state index in [1.807, 2.05) is 0 Å². The molecule has 10 nitrogen and oxygen atoms in total. The van der Waals surface area contributed by atoms with Crippen LogP contribution in [0.25, 0.3) is 11.4 Å². The summed E-state index contributed by atoms with van der Waals surface area (Å²) in [6.07, 6.45) is 2.88. The van der Waals surface area contributed by atoms with Crippen molar-refractivity contribution < 1.29 is 29.4 Å². The van der Waals surface area contributed by atoms with E-state index >= 15 is 0 Å². The smallest absolute Gasteiger partial charge is 0.335 e. The van der Waals surface area contributed by atoms with E-state index in [0.717, 1.165) is 0 Å². The fraction of sp³-hybridized carbons (Fsp3) is 0. The molecule has 0 spiro atoms. The molecule has 0 aliphatic carbocycles. The van der Waals surface area contributed by atoms with Crippen LogP contribution in [0, 0.1) is 0 Å². The summed E-state index contributed by atoms with van der Waals surface area (Å²) in [5, 5.41) is 23.4. The Kier molecular flexibility index (Phi) is 6.78. The van der Waals surface area contributed by atoms with E-state index in [-0.39, 0.29) is 22.3 Å². The fourth-order valence-corrected chi connectivity index (χ4v) is 3.22. The lowest BCUT2D eigenvalue weighted by Gasteiger charge is -2.08. The van der Waals surface area contributed by atoms with Gasteiger partial charge in [0, 0.05) is 34.9 Å². The molecule has 10 heteroatoms. The first-order chi connectivity index (χ1) is 17.3. The first-order valence-electron chi connectivity index (χ1n) is 10.5. The van der Waals surface area contributed by atoms with Crippen LogP contribution in [0.3, 0.4) is 0 Å². The van der Waals surface area contributed by atoms with Crippen LogP contribution in [-0.2, 0) is 0 Å². The molecule has 2 heterocycles. The molecule has 2 aromatic heterocycles. The number of aromatic carboxylic acids is 2. The maximum atomic E-state index is 12.7. The highest BCUT2D eigenvalue weighted by Gasteiger charge is 2.13. The average molecular weight is 482 g/mol. The molecule has 0 atom stereocenters. The van der Waals surface area contributed by atoms with Gasteiger partial charge in [-0.1, -0.05) is 0 Å². The molecule has 0 fully saturated rings. The van der Waals surface area contributed by atoms with Gasteiger partial charge in [0.05, 0.1) is 22.5 Å². The third-order valence-corrected chi connectivity index (χ3v) is 5.09. The van der Waals surface area contributed by atoms with E-state index in [1.54, 1.807) is 0 Å². The Morgan fingerprint density at radius 1 is 0.528 bits per heavy atom. The number of nitrogens with one attached hydrogen (secondary N) is 2. The number of carboxylic acids is 2. The molecule has 0 unspecified atom stereocenters. The Labute approximate surface area is 204 Å². The number of amides is 2. The Morgan fingerprint density at radius 2 is 0.889 bits per heavy atom. The number of anilines is 2. The zero-order valence-electron chi connectivity index (χ0n) is 18.5.